The van der Waals surface area contributed by atoms with E-state index in [0.717, 1.165) is 31.3 Å². The summed E-state index contributed by atoms with van der Waals surface area (Å²) in [6.45, 7) is 7.99. The minimum absolute atomic E-state index is 0.838. The molecule has 16 heavy (non-hydrogen) atoms. The maximum atomic E-state index is 9.16. The number of allylic oxidation sites excluding steroid dienone is 7. The molecule has 1 aliphatic carbocycles. The Morgan fingerprint density at radius 3 is 2.88 bits per heavy atom. The first-order valence-electron chi connectivity index (χ1n) is 5.85. The maximum Gasteiger partial charge on any atom is 0.0994 e. The molecular formula is C15H19N. The number of hydrogen-bond donors (Lipinski definition) is 0. The zero-order valence-electron chi connectivity index (χ0n) is 10.2. The fourth-order valence-corrected chi connectivity index (χ4v) is 2.04. The number of nitrogens with zero attached hydrogens (tertiary/aromatic N) is 1. The van der Waals surface area contributed by atoms with Crippen molar-refractivity contribution in [3.8, 4) is 6.07 Å². The summed E-state index contributed by atoms with van der Waals surface area (Å²) in [6, 6.07) is 2.31. The van der Waals surface area contributed by atoms with Gasteiger partial charge < -0.3 is 0 Å². The van der Waals surface area contributed by atoms with Crippen molar-refractivity contribution in [3.05, 3.63) is 47.1 Å². The second kappa shape index (κ2) is 6.12. The van der Waals surface area contributed by atoms with E-state index in [4.69, 9.17) is 5.26 Å². The molecule has 84 valence electrons. The molecule has 1 rings (SSSR count). The van der Waals surface area contributed by atoms with E-state index in [2.05, 4.69) is 26.5 Å². The topological polar surface area (TPSA) is 23.8 Å². The predicted octanol–water partition coefficient (Wildman–Crippen LogP) is 4.46. The average molecular weight is 213 g/mol. The molecule has 0 unspecified atom stereocenters. The Hall–Kier alpha value is -1.55. The lowest BCUT2D eigenvalue weighted by Crippen LogP contribution is -2.00. The summed E-state index contributed by atoms with van der Waals surface area (Å²) in [7, 11) is 0. The molecule has 0 radical (unpaired) electrons. The van der Waals surface area contributed by atoms with Gasteiger partial charge in [0.25, 0.3) is 0 Å². The van der Waals surface area contributed by atoms with Gasteiger partial charge in [-0.25, -0.2) is 0 Å². The Bertz CT molecular complexity index is 400. The van der Waals surface area contributed by atoms with Gasteiger partial charge >= 0.3 is 0 Å². The molecule has 0 fully saturated rings. The number of nitriles is 1. The van der Waals surface area contributed by atoms with Crippen molar-refractivity contribution < 1.29 is 0 Å². The van der Waals surface area contributed by atoms with Crippen LogP contribution in [0.3, 0.4) is 0 Å². The van der Waals surface area contributed by atoms with Crippen molar-refractivity contribution in [1.82, 2.24) is 0 Å². The van der Waals surface area contributed by atoms with Crippen LogP contribution >= 0.6 is 0 Å². The quantitative estimate of drug-likeness (QED) is 0.632. The van der Waals surface area contributed by atoms with E-state index >= 15 is 0 Å². The molecular weight excluding hydrogens is 194 g/mol. The molecule has 0 heterocycles. The third-order valence-electron chi connectivity index (χ3n) is 2.83. The van der Waals surface area contributed by atoms with E-state index in [-0.39, 0.29) is 0 Å². The minimum Gasteiger partial charge on any atom is -0.192 e. The van der Waals surface area contributed by atoms with Gasteiger partial charge in [-0.05, 0) is 43.4 Å². The van der Waals surface area contributed by atoms with Crippen molar-refractivity contribution in [1.29, 1.82) is 5.26 Å². The highest BCUT2D eigenvalue weighted by atomic mass is 14.3. The van der Waals surface area contributed by atoms with Crippen molar-refractivity contribution in [3.63, 3.8) is 0 Å². The summed E-state index contributed by atoms with van der Waals surface area (Å²) in [5.74, 6) is 0. The van der Waals surface area contributed by atoms with Gasteiger partial charge in [-0.1, -0.05) is 37.6 Å². The van der Waals surface area contributed by atoms with Crippen LogP contribution in [0.2, 0.25) is 0 Å². The van der Waals surface area contributed by atoms with E-state index < -0.39 is 0 Å². The molecule has 0 amide bonds. The van der Waals surface area contributed by atoms with Gasteiger partial charge in [0.2, 0.25) is 0 Å². The van der Waals surface area contributed by atoms with Crippen LogP contribution < -0.4 is 0 Å². The van der Waals surface area contributed by atoms with Crippen LogP contribution in [0.1, 0.15) is 39.5 Å². The minimum atomic E-state index is 0.838. The van der Waals surface area contributed by atoms with E-state index in [1.165, 1.54) is 16.7 Å². The van der Waals surface area contributed by atoms with Gasteiger partial charge in [0.05, 0.1) is 11.6 Å². The van der Waals surface area contributed by atoms with Gasteiger partial charge in [-0.2, -0.15) is 5.26 Å². The zero-order chi connectivity index (χ0) is 12.0. The summed E-state index contributed by atoms with van der Waals surface area (Å²) in [4.78, 5) is 0. The largest absolute Gasteiger partial charge is 0.192 e. The standard InChI is InChI=1S/C15H19N/c1-4-6-13(7-5-2)15-9-8-12(3)10-14(15)11-16/h4,6,10H,1,5,7-9H2,2-3H3/b13-6+. The third kappa shape index (κ3) is 2.97. The molecule has 1 nitrogen and oxygen atoms in total. The van der Waals surface area contributed by atoms with Crippen LogP contribution in [-0.4, -0.2) is 0 Å². The second-order valence-corrected chi connectivity index (χ2v) is 4.17. The highest BCUT2D eigenvalue weighted by Gasteiger charge is 2.14. The Balaban J connectivity index is 3.13. The molecule has 0 saturated heterocycles. The van der Waals surface area contributed by atoms with Crippen LogP contribution in [0.15, 0.2) is 47.1 Å². The van der Waals surface area contributed by atoms with Crippen LogP contribution in [0.5, 0.6) is 0 Å². The molecule has 0 aromatic rings. The number of rotatable bonds is 4. The van der Waals surface area contributed by atoms with Crippen LogP contribution in [-0.2, 0) is 0 Å². The van der Waals surface area contributed by atoms with Gasteiger partial charge in [0, 0.05) is 0 Å². The summed E-state index contributed by atoms with van der Waals surface area (Å²) >= 11 is 0. The van der Waals surface area contributed by atoms with E-state index in [9.17, 15) is 0 Å². The molecule has 0 aliphatic heterocycles. The molecule has 1 heteroatoms. The smallest absolute Gasteiger partial charge is 0.0994 e. The Labute approximate surface area is 98.5 Å². The zero-order valence-corrected chi connectivity index (χ0v) is 10.2. The molecule has 0 aromatic heterocycles. The molecule has 0 aromatic carbocycles. The number of hydrogen-bond acceptors (Lipinski definition) is 1. The summed E-state index contributed by atoms with van der Waals surface area (Å²) < 4.78 is 0. The van der Waals surface area contributed by atoms with Crippen LogP contribution in [0.4, 0.5) is 0 Å². The monoisotopic (exact) mass is 213 g/mol. The maximum absolute atomic E-state index is 9.16. The fourth-order valence-electron chi connectivity index (χ4n) is 2.04. The van der Waals surface area contributed by atoms with E-state index in [1.54, 1.807) is 0 Å². The molecule has 0 N–H and O–H groups in total. The summed E-state index contributed by atoms with van der Waals surface area (Å²) in [5, 5.41) is 9.16. The first-order valence-corrected chi connectivity index (χ1v) is 5.85. The van der Waals surface area contributed by atoms with Crippen molar-refractivity contribution in [2.24, 2.45) is 0 Å². The summed E-state index contributed by atoms with van der Waals surface area (Å²) in [5.41, 5.74) is 4.63. The lowest BCUT2D eigenvalue weighted by atomic mass is 9.87. The fraction of sp³-hybridized carbons (Fsp3) is 0.400. The average Bonchev–Trinajstić information content (AvgIpc) is 2.28. The van der Waals surface area contributed by atoms with Gasteiger partial charge in [-0.3, -0.25) is 0 Å². The van der Waals surface area contributed by atoms with Crippen LogP contribution in [0, 0.1) is 11.3 Å². The van der Waals surface area contributed by atoms with E-state index in [0.29, 0.717) is 0 Å². The first kappa shape index (κ1) is 12.5. The molecule has 0 spiro atoms. The normalized spacial score (nSPS) is 16.8. The van der Waals surface area contributed by atoms with Gasteiger partial charge in [0.15, 0.2) is 0 Å². The Morgan fingerprint density at radius 1 is 1.56 bits per heavy atom. The lowest BCUT2D eigenvalue weighted by Gasteiger charge is -2.17. The van der Waals surface area contributed by atoms with Gasteiger partial charge in [-0.15, -0.1) is 0 Å². The molecule has 1 aliphatic rings. The van der Waals surface area contributed by atoms with Crippen LogP contribution in [0.25, 0.3) is 0 Å². The van der Waals surface area contributed by atoms with Crippen molar-refractivity contribution in [2.75, 3.05) is 0 Å². The molecule has 0 bridgehead atoms. The predicted molar refractivity (Wildman–Crippen MR) is 68.8 cm³/mol. The van der Waals surface area contributed by atoms with Crippen molar-refractivity contribution >= 4 is 0 Å². The Morgan fingerprint density at radius 2 is 2.31 bits per heavy atom. The first-order chi connectivity index (χ1) is 7.72. The third-order valence-corrected chi connectivity index (χ3v) is 2.83. The molecule has 0 atom stereocenters. The Kier molecular flexibility index (Phi) is 4.79. The second-order valence-electron chi connectivity index (χ2n) is 4.17. The van der Waals surface area contributed by atoms with Gasteiger partial charge in [0.1, 0.15) is 0 Å². The summed E-state index contributed by atoms with van der Waals surface area (Å²) in [6.07, 6.45) is 10.1. The highest BCUT2D eigenvalue weighted by Crippen LogP contribution is 2.30. The van der Waals surface area contributed by atoms with E-state index in [1.807, 2.05) is 18.2 Å². The highest BCUT2D eigenvalue weighted by molar-refractivity contribution is 5.51. The molecule has 0 saturated carbocycles. The SMILES string of the molecule is C=C/C=C(\CCC)C1=C(C#N)C=C(C)CC1. The lowest BCUT2D eigenvalue weighted by molar-refractivity contribution is 0.846. The van der Waals surface area contributed by atoms with Crippen molar-refractivity contribution in [2.45, 2.75) is 39.5 Å².